The highest BCUT2D eigenvalue weighted by Gasteiger charge is 2.11. The highest BCUT2D eigenvalue weighted by Crippen LogP contribution is 2.14. The fraction of sp³-hybridized carbons (Fsp3) is 0.462. The number of piperidine rings is 1. The molecule has 0 atom stereocenters. The lowest BCUT2D eigenvalue weighted by Gasteiger charge is -2.24. The van der Waals surface area contributed by atoms with Crippen LogP contribution in [0.1, 0.15) is 18.4 Å². The molecule has 1 fully saturated rings. The lowest BCUT2D eigenvalue weighted by molar-refractivity contribution is 0.479. The summed E-state index contributed by atoms with van der Waals surface area (Å²) in [6.07, 6.45) is 2.46. The first-order chi connectivity index (χ1) is 7.84. The number of nitrogens with zero attached hydrogens (tertiary/aromatic N) is 1. The number of hydrogen-bond donors (Lipinski definition) is 2. The molecule has 1 aromatic carbocycles. The number of benzene rings is 1. The largest absolute Gasteiger partial charge is 0.382 e. The van der Waals surface area contributed by atoms with E-state index in [0.29, 0.717) is 6.04 Å². The van der Waals surface area contributed by atoms with Gasteiger partial charge in [-0.25, -0.2) is 5.26 Å². The van der Waals surface area contributed by atoms with Gasteiger partial charge in [-0.15, -0.1) is 0 Å². The minimum absolute atomic E-state index is 0.651. The molecule has 16 heavy (non-hydrogen) atoms. The Labute approximate surface area is 97.5 Å². The molecule has 0 amide bonds. The molecule has 3 heteroatoms. The molecule has 86 valence electrons. The second-order valence-electron chi connectivity index (χ2n) is 4.04. The summed E-state index contributed by atoms with van der Waals surface area (Å²) < 4.78 is 0. The van der Waals surface area contributed by atoms with Gasteiger partial charge in [0.2, 0.25) is 0 Å². The van der Waals surface area contributed by atoms with E-state index in [9.17, 15) is 0 Å². The van der Waals surface area contributed by atoms with Gasteiger partial charge in [0, 0.05) is 18.3 Å². The van der Waals surface area contributed by atoms with Crippen molar-refractivity contribution in [3.05, 3.63) is 29.8 Å². The smallest absolute Gasteiger partial charge is 0.0462 e. The van der Waals surface area contributed by atoms with Crippen LogP contribution in [0.2, 0.25) is 0 Å². The van der Waals surface area contributed by atoms with Gasteiger partial charge in [0.25, 0.3) is 0 Å². The van der Waals surface area contributed by atoms with Crippen LogP contribution in [0.25, 0.3) is 0 Å². The van der Waals surface area contributed by atoms with E-state index in [1.165, 1.54) is 24.1 Å². The Morgan fingerprint density at radius 1 is 1.31 bits per heavy atom. The zero-order valence-corrected chi connectivity index (χ0v) is 9.74. The van der Waals surface area contributed by atoms with E-state index in [1.54, 1.807) is 0 Å². The maximum absolute atomic E-state index is 6.50. The Morgan fingerprint density at radius 3 is 2.62 bits per heavy atom. The molecule has 0 bridgehead atoms. The molecule has 1 aromatic rings. The fourth-order valence-corrected chi connectivity index (χ4v) is 1.94. The molecular formula is C13H19N3. The average molecular weight is 217 g/mol. The zero-order valence-electron chi connectivity index (χ0n) is 9.74. The predicted molar refractivity (Wildman–Crippen MR) is 67.4 cm³/mol. The van der Waals surface area contributed by atoms with Gasteiger partial charge in [0.15, 0.2) is 0 Å². The van der Waals surface area contributed by atoms with Crippen LogP contribution in [0.3, 0.4) is 0 Å². The first-order valence-corrected chi connectivity index (χ1v) is 5.64. The van der Waals surface area contributed by atoms with Crippen LogP contribution in [0, 0.1) is 18.8 Å². The van der Waals surface area contributed by atoms with E-state index in [0.717, 1.165) is 13.1 Å². The minimum atomic E-state index is 0.651. The Morgan fingerprint density at radius 2 is 2.00 bits per heavy atom. The molecule has 0 radical (unpaired) electrons. The maximum Gasteiger partial charge on any atom is 0.0462 e. The fourth-order valence-electron chi connectivity index (χ4n) is 1.94. The van der Waals surface area contributed by atoms with Crippen molar-refractivity contribution in [1.29, 1.82) is 5.26 Å². The molecule has 2 N–H and O–H groups in total. The van der Waals surface area contributed by atoms with Crippen molar-refractivity contribution in [3.8, 4) is 6.57 Å². The number of nitrogens with one attached hydrogen (secondary N) is 2. The van der Waals surface area contributed by atoms with Crippen LogP contribution >= 0.6 is 0 Å². The second kappa shape index (κ2) is 6.86. The van der Waals surface area contributed by atoms with Gasteiger partial charge >= 0.3 is 0 Å². The molecule has 3 nitrogen and oxygen atoms in total. The van der Waals surface area contributed by atoms with Crippen molar-refractivity contribution in [2.24, 2.45) is 0 Å². The molecule has 1 heterocycles. The molecule has 0 aliphatic carbocycles. The van der Waals surface area contributed by atoms with Crippen molar-refractivity contribution in [2.75, 3.05) is 18.4 Å². The molecule has 2 rings (SSSR count). The van der Waals surface area contributed by atoms with Crippen molar-refractivity contribution < 1.29 is 0 Å². The van der Waals surface area contributed by atoms with E-state index in [-0.39, 0.29) is 0 Å². The first-order valence-electron chi connectivity index (χ1n) is 5.64. The lowest BCUT2D eigenvalue weighted by Crippen LogP contribution is -2.35. The molecule has 0 saturated carbocycles. The number of rotatable bonds is 2. The number of nitriles is 1. The maximum atomic E-state index is 6.50. The van der Waals surface area contributed by atoms with E-state index < -0.39 is 0 Å². The standard InChI is InChI=1S/C12H18N2.CHN/c1-10-3-2-4-12(9-10)14-11-5-7-13-8-6-11;1-2/h2-4,9,11,13-14H,5-8H2,1H3;1H. The third kappa shape index (κ3) is 3.92. The molecule has 1 aliphatic rings. The summed E-state index contributed by atoms with van der Waals surface area (Å²) in [5, 5.41) is 13.5. The summed E-state index contributed by atoms with van der Waals surface area (Å²) in [5.74, 6) is 0. The predicted octanol–water partition coefficient (Wildman–Crippen LogP) is 2.30. The summed E-state index contributed by atoms with van der Waals surface area (Å²) in [6.45, 7) is 7.92. The van der Waals surface area contributed by atoms with Crippen LogP contribution in [-0.4, -0.2) is 19.1 Å². The Hall–Kier alpha value is -1.53. The summed E-state index contributed by atoms with van der Waals surface area (Å²) in [5.41, 5.74) is 2.58. The topological polar surface area (TPSA) is 47.9 Å². The monoisotopic (exact) mass is 217 g/mol. The molecule has 1 aliphatic heterocycles. The first kappa shape index (κ1) is 12.5. The van der Waals surface area contributed by atoms with E-state index in [1.807, 2.05) is 0 Å². The van der Waals surface area contributed by atoms with Crippen LogP contribution in [0.15, 0.2) is 24.3 Å². The third-order valence-electron chi connectivity index (χ3n) is 2.73. The molecule has 0 spiro atoms. The molecule has 1 saturated heterocycles. The van der Waals surface area contributed by atoms with Crippen molar-refractivity contribution in [3.63, 3.8) is 0 Å². The molecule has 0 unspecified atom stereocenters. The Kier molecular flexibility index (Phi) is 5.38. The SMILES string of the molecule is C#N.Cc1cccc(NC2CCNCC2)c1. The quantitative estimate of drug-likeness (QED) is 0.799. The van der Waals surface area contributed by atoms with E-state index in [2.05, 4.69) is 48.4 Å². The highest BCUT2D eigenvalue weighted by atomic mass is 15.0. The van der Waals surface area contributed by atoms with Crippen molar-refractivity contribution in [2.45, 2.75) is 25.8 Å². The van der Waals surface area contributed by atoms with Gasteiger partial charge in [-0.05, 0) is 50.6 Å². The molecule has 0 aromatic heterocycles. The lowest BCUT2D eigenvalue weighted by atomic mass is 10.1. The van der Waals surface area contributed by atoms with Gasteiger partial charge in [0.05, 0.1) is 0 Å². The van der Waals surface area contributed by atoms with Gasteiger partial charge in [-0.3, -0.25) is 0 Å². The van der Waals surface area contributed by atoms with E-state index >= 15 is 0 Å². The summed E-state index contributed by atoms with van der Waals surface area (Å²) >= 11 is 0. The second-order valence-corrected chi connectivity index (χ2v) is 4.04. The average Bonchev–Trinajstić information content (AvgIpc) is 2.33. The van der Waals surface area contributed by atoms with Crippen LogP contribution < -0.4 is 10.6 Å². The Bertz CT molecular complexity index is 327. The van der Waals surface area contributed by atoms with Gasteiger partial charge in [-0.2, -0.15) is 0 Å². The third-order valence-corrected chi connectivity index (χ3v) is 2.73. The van der Waals surface area contributed by atoms with Crippen molar-refractivity contribution in [1.82, 2.24) is 5.32 Å². The highest BCUT2D eigenvalue weighted by molar-refractivity contribution is 5.46. The van der Waals surface area contributed by atoms with Gasteiger partial charge < -0.3 is 10.6 Å². The van der Waals surface area contributed by atoms with Gasteiger partial charge in [-0.1, -0.05) is 12.1 Å². The van der Waals surface area contributed by atoms with Crippen LogP contribution in [0.4, 0.5) is 5.69 Å². The Balaban J connectivity index is 0.000000606. The van der Waals surface area contributed by atoms with Crippen molar-refractivity contribution >= 4 is 5.69 Å². The number of aryl methyl sites for hydroxylation is 1. The number of hydrogen-bond acceptors (Lipinski definition) is 3. The summed E-state index contributed by atoms with van der Waals surface area (Å²) in [4.78, 5) is 0. The molecular weight excluding hydrogens is 198 g/mol. The van der Waals surface area contributed by atoms with Gasteiger partial charge in [0.1, 0.15) is 0 Å². The number of anilines is 1. The van der Waals surface area contributed by atoms with E-state index in [4.69, 9.17) is 5.26 Å². The summed E-state index contributed by atoms with van der Waals surface area (Å²) in [7, 11) is 0. The normalized spacial score (nSPS) is 15.9. The summed E-state index contributed by atoms with van der Waals surface area (Å²) in [6, 6.07) is 9.25. The van der Waals surface area contributed by atoms with Crippen LogP contribution in [0.5, 0.6) is 0 Å². The minimum Gasteiger partial charge on any atom is -0.382 e. The van der Waals surface area contributed by atoms with Crippen LogP contribution in [-0.2, 0) is 0 Å². The zero-order chi connectivity index (χ0) is 11.8.